The fraction of sp³-hybridized carbons (Fsp3) is 0.520. The molecule has 1 aliphatic heterocycles. The standard InChI is InChI=1S/C25H37N5O2/c1-4-26-25(29-19-21-12-13-27-24(18-21)30-15-7-8-16-30)28-14-11-20-9-10-22(31-5-2)23(17-20)32-6-3/h9-10,12-13,17-18H,4-8,11,14-16,19H2,1-3H3,(H2,26,28,29). The highest BCUT2D eigenvalue weighted by molar-refractivity contribution is 5.79. The molecule has 7 nitrogen and oxygen atoms in total. The number of nitrogens with one attached hydrogen (secondary N) is 2. The van der Waals surface area contributed by atoms with Crippen molar-refractivity contribution in [2.75, 3.05) is 44.3 Å². The quantitative estimate of drug-likeness (QED) is 0.410. The van der Waals surface area contributed by atoms with E-state index in [9.17, 15) is 0 Å². The Morgan fingerprint density at radius 1 is 0.969 bits per heavy atom. The van der Waals surface area contributed by atoms with Crippen LogP contribution in [0.2, 0.25) is 0 Å². The molecule has 0 bridgehead atoms. The van der Waals surface area contributed by atoms with Gasteiger partial charge in [-0.1, -0.05) is 6.07 Å². The molecule has 0 unspecified atom stereocenters. The lowest BCUT2D eigenvalue weighted by Crippen LogP contribution is -2.38. The van der Waals surface area contributed by atoms with Crippen molar-refractivity contribution in [2.45, 2.75) is 46.6 Å². The topological polar surface area (TPSA) is 71.0 Å². The monoisotopic (exact) mass is 439 g/mol. The molecule has 2 heterocycles. The summed E-state index contributed by atoms with van der Waals surface area (Å²) in [6.45, 7) is 11.7. The van der Waals surface area contributed by atoms with Gasteiger partial charge in [-0.15, -0.1) is 0 Å². The summed E-state index contributed by atoms with van der Waals surface area (Å²) in [6.07, 6.45) is 5.25. The van der Waals surface area contributed by atoms with Gasteiger partial charge in [0, 0.05) is 32.4 Å². The zero-order valence-electron chi connectivity index (χ0n) is 19.7. The fourth-order valence-electron chi connectivity index (χ4n) is 3.77. The first-order chi connectivity index (χ1) is 15.7. The zero-order chi connectivity index (χ0) is 22.6. The lowest BCUT2D eigenvalue weighted by atomic mass is 10.1. The lowest BCUT2D eigenvalue weighted by molar-refractivity contribution is 0.287. The predicted octanol–water partition coefficient (Wildman–Crippen LogP) is 3.78. The second-order valence-electron chi connectivity index (χ2n) is 7.74. The van der Waals surface area contributed by atoms with E-state index < -0.39 is 0 Å². The first-order valence-electron chi connectivity index (χ1n) is 11.8. The molecule has 1 aromatic heterocycles. The van der Waals surface area contributed by atoms with Gasteiger partial charge in [-0.3, -0.25) is 0 Å². The maximum atomic E-state index is 5.74. The summed E-state index contributed by atoms with van der Waals surface area (Å²) in [5.41, 5.74) is 2.37. The SMILES string of the molecule is CCNC(=NCc1ccnc(N2CCCC2)c1)NCCc1ccc(OCC)c(OCC)c1. The molecule has 174 valence electrons. The summed E-state index contributed by atoms with van der Waals surface area (Å²) in [4.78, 5) is 11.7. The third kappa shape index (κ3) is 7.04. The molecule has 0 amide bonds. The van der Waals surface area contributed by atoms with Crippen molar-refractivity contribution in [3.05, 3.63) is 47.7 Å². The van der Waals surface area contributed by atoms with Crippen molar-refractivity contribution in [2.24, 2.45) is 4.99 Å². The molecule has 2 aromatic rings. The Bertz CT molecular complexity index is 865. The normalized spacial score (nSPS) is 13.8. The van der Waals surface area contributed by atoms with Gasteiger partial charge in [0.05, 0.1) is 19.8 Å². The summed E-state index contributed by atoms with van der Waals surface area (Å²) in [7, 11) is 0. The van der Waals surface area contributed by atoms with E-state index in [1.807, 2.05) is 32.2 Å². The van der Waals surface area contributed by atoms with Gasteiger partial charge >= 0.3 is 0 Å². The number of guanidine groups is 1. The highest BCUT2D eigenvalue weighted by atomic mass is 16.5. The Labute approximate surface area is 192 Å². The number of nitrogens with zero attached hydrogens (tertiary/aromatic N) is 3. The van der Waals surface area contributed by atoms with Crippen molar-refractivity contribution in [3.8, 4) is 11.5 Å². The third-order valence-electron chi connectivity index (χ3n) is 5.32. The minimum absolute atomic E-state index is 0.619. The second-order valence-corrected chi connectivity index (χ2v) is 7.74. The number of hydrogen-bond acceptors (Lipinski definition) is 5. The molecule has 0 radical (unpaired) electrons. The van der Waals surface area contributed by atoms with E-state index in [4.69, 9.17) is 14.5 Å². The number of hydrogen-bond donors (Lipinski definition) is 2. The van der Waals surface area contributed by atoms with Crippen molar-refractivity contribution in [3.63, 3.8) is 0 Å². The van der Waals surface area contributed by atoms with Crippen LogP contribution in [0.4, 0.5) is 5.82 Å². The average Bonchev–Trinajstić information content (AvgIpc) is 3.35. The Kier molecular flexibility index (Phi) is 9.47. The summed E-state index contributed by atoms with van der Waals surface area (Å²) in [6, 6.07) is 10.4. The molecule has 1 aliphatic rings. The van der Waals surface area contributed by atoms with E-state index in [0.717, 1.165) is 55.9 Å². The van der Waals surface area contributed by atoms with Gasteiger partial charge in [0.1, 0.15) is 5.82 Å². The lowest BCUT2D eigenvalue weighted by Gasteiger charge is -2.16. The molecular weight excluding hydrogens is 402 g/mol. The van der Waals surface area contributed by atoms with Gasteiger partial charge in [0.25, 0.3) is 0 Å². The molecule has 32 heavy (non-hydrogen) atoms. The minimum atomic E-state index is 0.619. The Morgan fingerprint density at radius 2 is 1.75 bits per heavy atom. The molecular formula is C25H37N5O2. The van der Waals surface area contributed by atoms with Gasteiger partial charge in [0.2, 0.25) is 0 Å². The minimum Gasteiger partial charge on any atom is -0.490 e. The molecule has 0 atom stereocenters. The van der Waals surface area contributed by atoms with Gasteiger partial charge in [-0.05, 0) is 75.4 Å². The van der Waals surface area contributed by atoms with Gasteiger partial charge in [-0.2, -0.15) is 0 Å². The third-order valence-corrected chi connectivity index (χ3v) is 5.32. The second kappa shape index (κ2) is 12.8. The van der Waals surface area contributed by atoms with E-state index in [1.54, 1.807) is 0 Å². The number of ether oxygens (including phenoxy) is 2. The summed E-state index contributed by atoms with van der Waals surface area (Å²) in [5, 5.41) is 6.78. The smallest absolute Gasteiger partial charge is 0.191 e. The molecule has 0 saturated carbocycles. The van der Waals surface area contributed by atoms with Crippen LogP contribution < -0.4 is 25.0 Å². The maximum absolute atomic E-state index is 5.74. The van der Waals surface area contributed by atoms with Crippen LogP contribution in [0.3, 0.4) is 0 Å². The van der Waals surface area contributed by atoms with Crippen LogP contribution in [0.5, 0.6) is 11.5 Å². The van der Waals surface area contributed by atoms with Crippen LogP contribution in [0.15, 0.2) is 41.5 Å². The molecule has 1 aromatic carbocycles. The van der Waals surface area contributed by atoms with E-state index in [1.165, 1.54) is 24.0 Å². The average molecular weight is 440 g/mol. The van der Waals surface area contributed by atoms with Crippen LogP contribution in [0, 0.1) is 0 Å². The van der Waals surface area contributed by atoms with E-state index in [0.29, 0.717) is 19.8 Å². The highest BCUT2D eigenvalue weighted by Crippen LogP contribution is 2.28. The van der Waals surface area contributed by atoms with Crippen molar-refractivity contribution >= 4 is 11.8 Å². The first kappa shape index (κ1) is 23.7. The van der Waals surface area contributed by atoms with Crippen LogP contribution >= 0.6 is 0 Å². The summed E-state index contributed by atoms with van der Waals surface area (Å²) < 4.78 is 11.4. The van der Waals surface area contributed by atoms with Crippen LogP contribution in [0.1, 0.15) is 44.7 Å². The zero-order valence-corrected chi connectivity index (χ0v) is 19.7. The fourth-order valence-corrected chi connectivity index (χ4v) is 3.77. The number of rotatable bonds is 11. The number of benzene rings is 1. The highest BCUT2D eigenvalue weighted by Gasteiger charge is 2.13. The van der Waals surface area contributed by atoms with Crippen molar-refractivity contribution in [1.29, 1.82) is 0 Å². The van der Waals surface area contributed by atoms with Crippen LogP contribution in [-0.2, 0) is 13.0 Å². The molecule has 1 saturated heterocycles. The molecule has 0 aliphatic carbocycles. The first-order valence-corrected chi connectivity index (χ1v) is 11.8. The van der Waals surface area contributed by atoms with Crippen LogP contribution in [-0.4, -0.2) is 50.3 Å². The Morgan fingerprint density at radius 3 is 2.50 bits per heavy atom. The van der Waals surface area contributed by atoms with E-state index >= 15 is 0 Å². The number of pyridine rings is 1. The number of aromatic nitrogens is 1. The van der Waals surface area contributed by atoms with E-state index in [-0.39, 0.29) is 0 Å². The molecule has 2 N–H and O–H groups in total. The molecule has 1 fully saturated rings. The largest absolute Gasteiger partial charge is 0.490 e. The van der Waals surface area contributed by atoms with Crippen molar-refractivity contribution < 1.29 is 9.47 Å². The maximum Gasteiger partial charge on any atom is 0.191 e. The molecule has 3 rings (SSSR count). The summed E-state index contributed by atoms with van der Waals surface area (Å²) >= 11 is 0. The van der Waals surface area contributed by atoms with Gasteiger partial charge in [-0.25, -0.2) is 9.98 Å². The van der Waals surface area contributed by atoms with E-state index in [2.05, 4.69) is 45.6 Å². The van der Waals surface area contributed by atoms with Crippen LogP contribution in [0.25, 0.3) is 0 Å². The predicted molar refractivity (Wildman–Crippen MR) is 131 cm³/mol. The van der Waals surface area contributed by atoms with Crippen molar-refractivity contribution in [1.82, 2.24) is 15.6 Å². The molecule has 7 heteroatoms. The number of aliphatic imine (C=N–C) groups is 1. The Balaban J connectivity index is 1.56. The van der Waals surface area contributed by atoms with Gasteiger partial charge < -0.3 is 25.0 Å². The Hall–Kier alpha value is -2.96. The molecule has 0 spiro atoms. The number of anilines is 1. The summed E-state index contributed by atoms with van der Waals surface area (Å²) in [5.74, 6) is 3.49. The van der Waals surface area contributed by atoms with Gasteiger partial charge in [0.15, 0.2) is 17.5 Å².